The fourth-order valence-electron chi connectivity index (χ4n) is 4.04. The quantitative estimate of drug-likeness (QED) is 0.347. The number of carboxylic acid groups (broad SMARTS) is 1. The Bertz CT molecular complexity index is 1400. The van der Waals surface area contributed by atoms with Crippen LogP contribution in [-0.4, -0.2) is 31.3 Å². The van der Waals surface area contributed by atoms with E-state index in [4.69, 9.17) is 11.5 Å². The average molecular weight is 488 g/mol. The van der Waals surface area contributed by atoms with Crippen molar-refractivity contribution in [2.75, 3.05) is 5.73 Å². The number of carboxylic acids is 1. The van der Waals surface area contributed by atoms with Crippen molar-refractivity contribution in [3.8, 4) is 0 Å². The minimum absolute atomic E-state index is 0.373. The van der Waals surface area contributed by atoms with Gasteiger partial charge in [-0.15, -0.1) is 0 Å². The summed E-state index contributed by atoms with van der Waals surface area (Å²) < 4.78 is 3.96. The lowest BCUT2D eigenvalue weighted by atomic mass is 10.0. The van der Waals surface area contributed by atoms with E-state index >= 15 is 0 Å². The van der Waals surface area contributed by atoms with Crippen molar-refractivity contribution in [2.24, 2.45) is 5.73 Å². The third kappa shape index (κ3) is 6.02. The Morgan fingerprint density at radius 1 is 0.889 bits per heavy atom. The number of carbonyl (C=O) groups excluding carboxylic acids is 1. The van der Waals surface area contributed by atoms with Crippen molar-refractivity contribution < 1.29 is 14.7 Å². The molecule has 5 N–H and O–H groups in total. The van der Waals surface area contributed by atoms with E-state index in [1.54, 1.807) is 18.2 Å². The molecule has 0 aliphatic heterocycles. The fraction of sp³-hybridized carbons (Fsp3) is 0.250. The van der Waals surface area contributed by atoms with Crippen LogP contribution in [0.4, 0.5) is 5.69 Å². The molecule has 188 valence electrons. The Kier molecular flexibility index (Phi) is 7.99. The molecule has 2 heterocycles. The first-order valence-corrected chi connectivity index (χ1v) is 11.6. The molecule has 0 atom stereocenters. The SMILES string of the molecule is Cc1c(N)ccc(C(N)=O)c1C.Cc1cnn(Cc2ccc(Cn3c(C)cc(C(=O)O)c3C)cc2)c1. The summed E-state index contributed by atoms with van der Waals surface area (Å²) in [6, 6.07) is 13.4. The van der Waals surface area contributed by atoms with E-state index in [0.717, 1.165) is 40.2 Å². The number of hydrogen-bond acceptors (Lipinski definition) is 4. The molecule has 1 amide bonds. The Morgan fingerprint density at radius 3 is 2.00 bits per heavy atom. The molecule has 0 saturated carbocycles. The highest BCUT2D eigenvalue weighted by atomic mass is 16.4. The number of amides is 1. The Labute approximate surface area is 211 Å². The van der Waals surface area contributed by atoms with Gasteiger partial charge in [-0.05, 0) is 80.6 Å². The van der Waals surface area contributed by atoms with Crippen molar-refractivity contribution >= 4 is 17.6 Å². The standard InChI is InChI=1S/C19H21N3O2.C9H12N2O/c1-13-9-20-21(10-13)11-16-4-6-17(7-5-16)12-22-14(2)8-18(15(22)3)19(23)24;1-5-6(2)8(10)4-3-7(5)9(11)12/h4-10H,11-12H2,1-3H3,(H,23,24);3-4H,10H2,1-2H3,(H2,11,12). The molecule has 0 saturated heterocycles. The first-order valence-electron chi connectivity index (χ1n) is 11.6. The van der Waals surface area contributed by atoms with Gasteiger partial charge in [0.25, 0.3) is 0 Å². The summed E-state index contributed by atoms with van der Waals surface area (Å²) in [6.45, 7) is 11.0. The average Bonchev–Trinajstić information content (AvgIpc) is 3.36. The second-order valence-corrected chi connectivity index (χ2v) is 9.02. The van der Waals surface area contributed by atoms with Gasteiger partial charge in [0.05, 0.1) is 18.3 Å². The molecule has 0 fully saturated rings. The highest BCUT2D eigenvalue weighted by Crippen LogP contribution is 2.19. The van der Waals surface area contributed by atoms with Gasteiger partial charge in [0.1, 0.15) is 0 Å². The third-order valence-electron chi connectivity index (χ3n) is 6.37. The number of hydrogen-bond donors (Lipinski definition) is 3. The maximum absolute atomic E-state index is 11.2. The zero-order valence-corrected chi connectivity index (χ0v) is 21.4. The molecule has 36 heavy (non-hydrogen) atoms. The normalized spacial score (nSPS) is 10.6. The predicted molar refractivity (Wildman–Crippen MR) is 141 cm³/mol. The van der Waals surface area contributed by atoms with Gasteiger partial charge in [-0.25, -0.2) is 4.79 Å². The van der Waals surface area contributed by atoms with Gasteiger partial charge < -0.3 is 21.1 Å². The van der Waals surface area contributed by atoms with Crippen molar-refractivity contribution in [3.05, 3.63) is 105 Å². The Morgan fingerprint density at radius 2 is 1.50 bits per heavy atom. The summed E-state index contributed by atoms with van der Waals surface area (Å²) in [5, 5.41) is 13.5. The van der Waals surface area contributed by atoms with E-state index in [1.165, 1.54) is 5.56 Å². The number of rotatable bonds is 6. The second kappa shape index (κ2) is 10.9. The highest BCUT2D eigenvalue weighted by molar-refractivity contribution is 5.95. The molecule has 2 aromatic heterocycles. The van der Waals surface area contributed by atoms with Crippen LogP contribution in [0.1, 0.15) is 59.9 Å². The van der Waals surface area contributed by atoms with Crippen LogP contribution in [0, 0.1) is 34.6 Å². The summed E-state index contributed by atoms with van der Waals surface area (Å²) in [4.78, 5) is 22.1. The van der Waals surface area contributed by atoms with Crippen LogP contribution in [0.2, 0.25) is 0 Å². The minimum Gasteiger partial charge on any atom is -0.478 e. The number of benzene rings is 2. The largest absolute Gasteiger partial charge is 0.478 e. The van der Waals surface area contributed by atoms with Crippen LogP contribution >= 0.6 is 0 Å². The molecule has 2 aromatic carbocycles. The number of nitrogens with zero attached hydrogens (tertiary/aromatic N) is 3. The first-order chi connectivity index (χ1) is 17.0. The summed E-state index contributed by atoms with van der Waals surface area (Å²) in [6.07, 6.45) is 3.87. The molecule has 4 rings (SSSR count). The number of aryl methyl sites for hydroxylation is 2. The van der Waals surface area contributed by atoms with E-state index in [0.29, 0.717) is 23.4 Å². The van der Waals surface area contributed by atoms with Gasteiger partial charge in [-0.2, -0.15) is 5.10 Å². The molecule has 0 spiro atoms. The topological polar surface area (TPSA) is 129 Å². The number of primary amides is 1. The van der Waals surface area contributed by atoms with Crippen LogP contribution in [0.5, 0.6) is 0 Å². The van der Waals surface area contributed by atoms with Crippen LogP contribution in [0.25, 0.3) is 0 Å². The highest BCUT2D eigenvalue weighted by Gasteiger charge is 2.14. The number of aromatic carboxylic acids is 1. The monoisotopic (exact) mass is 487 g/mol. The van der Waals surface area contributed by atoms with Crippen LogP contribution in [-0.2, 0) is 13.1 Å². The lowest BCUT2D eigenvalue weighted by Gasteiger charge is -2.10. The van der Waals surface area contributed by atoms with Crippen LogP contribution < -0.4 is 11.5 Å². The van der Waals surface area contributed by atoms with Gasteiger partial charge >= 0.3 is 5.97 Å². The fourth-order valence-corrected chi connectivity index (χ4v) is 4.04. The van der Waals surface area contributed by atoms with Gasteiger partial charge in [0.2, 0.25) is 5.91 Å². The van der Waals surface area contributed by atoms with Crippen molar-refractivity contribution in [2.45, 2.75) is 47.7 Å². The molecule has 0 unspecified atom stereocenters. The van der Waals surface area contributed by atoms with Gasteiger partial charge in [-0.1, -0.05) is 24.3 Å². The number of aromatic nitrogens is 3. The Hall–Kier alpha value is -4.33. The molecule has 0 aliphatic carbocycles. The maximum atomic E-state index is 11.2. The summed E-state index contributed by atoms with van der Waals surface area (Å²) in [5.41, 5.74) is 19.4. The molecule has 8 heteroatoms. The summed E-state index contributed by atoms with van der Waals surface area (Å²) in [7, 11) is 0. The minimum atomic E-state index is -0.876. The first kappa shape index (κ1) is 26.3. The lowest BCUT2D eigenvalue weighted by Crippen LogP contribution is -2.13. The molecular weight excluding hydrogens is 454 g/mol. The van der Waals surface area contributed by atoms with Crippen LogP contribution in [0.15, 0.2) is 54.9 Å². The number of anilines is 1. The Balaban J connectivity index is 0.000000253. The van der Waals surface area contributed by atoms with Gasteiger partial charge in [0.15, 0.2) is 0 Å². The molecule has 4 aromatic rings. The number of nitrogens with two attached hydrogens (primary N) is 2. The summed E-state index contributed by atoms with van der Waals surface area (Å²) in [5.74, 6) is -1.28. The second-order valence-electron chi connectivity index (χ2n) is 9.02. The maximum Gasteiger partial charge on any atom is 0.337 e. The van der Waals surface area contributed by atoms with E-state index in [-0.39, 0.29) is 0 Å². The van der Waals surface area contributed by atoms with E-state index in [1.807, 2.05) is 56.3 Å². The molecule has 0 bridgehead atoms. The zero-order valence-electron chi connectivity index (χ0n) is 21.4. The van der Waals surface area contributed by atoms with Gasteiger partial charge in [0, 0.05) is 35.4 Å². The number of nitrogen functional groups attached to an aromatic ring is 1. The van der Waals surface area contributed by atoms with Crippen molar-refractivity contribution in [3.63, 3.8) is 0 Å². The smallest absolute Gasteiger partial charge is 0.337 e. The number of carbonyl (C=O) groups is 2. The van der Waals surface area contributed by atoms with Gasteiger partial charge in [-0.3, -0.25) is 9.48 Å². The zero-order chi connectivity index (χ0) is 26.6. The van der Waals surface area contributed by atoms with Crippen molar-refractivity contribution in [1.29, 1.82) is 0 Å². The van der Waals surface area contributed by atoms with E-state index in [9.17, 15) is 14.7 Å². The molecule has 0 radical (unpaired) electrons. The van der Waals surface area contributed by atoms with E-state index < -0.39 is 11.9 Å². The van der Waals surface area contributed by atoms with Crippen molar-refractivity contribution in [1.82, 2.24) is 14.3 Å². The van der Waals surface area contributed by atoms with Crippen LogP contribution in [0.3, 0.4) is 0 Å². The van der Waals surface area contributed by atoms with E-state index in [2.05, 4.69) is 29.4 Å². The summed E-state index contributed by atoms with van der Waals surface area (Å²) >= 11 is 0. The lowest BCUT2D eigenvalue weighted by molar-refractivity contribution is 0.0695. The molecular formula is C28H33N5O3. The predicted octanol–water partition coefficient (Wildman–Crippen LogP) is 4.39. The third-order valence-corrected chi connectivity index (χ3v) is 6.37. The molecule has 8 nitrogen and oxygen atoms in total. The molecule has 0 aliphatic rings.